The molecule has 0 aliphatic carbocycles. The van der Waals surface area contributed by atoms with Crippen molar-refractivity contribution in [2.45, 2.75) is 0 Å². The Bertz CT molecular complexity index is 1190. The van der Waals surface area contributed by atoms with Crippen molar-refractivity contribution in [3.8, 4) is 11.5 Å². The second-order valence-electron chi connectivity index (χ2n) is 5.72. The standard InChI is InChI=1S/C19H11Cl2N3O2S2/c20-11-8-13(21)16-14(9-11)23-18(26-16)10-3-1-4-12(7-10)22-19(27)24-17(25)15-5-2-6-28-15/h1-9H,(H2,22,24,25,27). The SMILES string of the molecule is O=C(NC(=S)Nc1cccc(-c2nc3cc(Cl)cc(Cl)c3o2)c1)c1cccs1. The summed E-state index contributed by atoms with van der Waals surface area (Å²) in [4.78, 5) is 17.1. The van der Waals surface area contributed by atoms with Gasteiger partial charge in [0.15, 0.2) is 10.7 Å². The number of nitrogens with one attached hydrogen (secondary N) is 2. The van der Waals surface area contributed by atoms with Crippen molar-refractivity contribution in [1.82, 2.24) is 10.3 Å². The summed E-state index contributed by atoms with van der Waals surface area (Å²) in [5.74, 6) is 0.144. The number of fused-ring (bicyclic) bond motifs is 1. The average molecular weight is 448 g/mol. The molecule has 9 heteroatoms. The first-order chi connectivity index (χ1) is 13.5. The summed E-state index contributed by atoms with van der Waals surface area (Å²) >= 11 is 18.7. The minimum Gasteiger partial charge on any atom is -0.435 e. The molecule has 1 amide bonds. The van der Waals surface area contributed by atoms with E-state index in [1.165, 1.54) is 11.3 Å². The van der Waals surface area contributed by atoms with E-state index >= 15 is 0 Å². The van der Waals surface area contributed by atoms with E-state index in [9.17, 15) is 4.79 Å². The monoisotopic (exact) mass is 447 g/mol. The van der Waals surface area contributed by atoms with Crippen LogP contribution in [0.25, 0.3) is 22.6 Å². The number of thiocarbonyl (C=S) groups is 1. The molecule has 2 heterocycles. The van der Waals surface area contributed by atoms with Crippen molar-refractivity contribution in [1.29, 1.82) is 0 Å². The van der Waals surface area contributed by atoms with Gasteiger partial charge in [0.2, 0.25) is 5.89 Å². The number of hydrogen-bond acceptors (Lipinski definition) is 5. The molecule has 2 N–H and O–H groups in total. The normalized spacial score (nSPS) is 10.8. The third-order valence-corrected chi connectivity index (χ3v) is 5.32. The zero-order chi connectivity index (χ0) is 19.7. The van der Waals surface area contributed by atoms with Gasteiger partial charge in [-0.1, -0.05) is 35.3 Å². The highest BCUT2D eigenvalue weighted by Crippen LogP contribution is 2.32. The van der Waals surface area contributed by atoms with Gasteiger partial charge in [0.1, 0.15) is 5.52 Å². The molecule has 0 aliphatic heterocycles. The van der Waals surface area contributed by atoms with E-state index in [1.54, 1.807) is 24.3 Å². The molecule has 0 saturated heterocycles. The van der Waals surface area contributed by atoms with Crippen molar-refractivity contribution < 1.29 is 9.21 Å². The number of carbonyl (C=O) groups excluding carboxylic acids is 1. The molecule has 140 valence electrons. The number of hydrogen-bond donors (Lipinski definition) is 2. The fraction of sp³-hybridized carbons (Fsp3) is 0. The van der Waals surface area contributed by atoms with Crippen LogP contribution in [0.2, 0.25) is 10.0 Å². The van der Waals surface area contributed by atoms with Crippen molar-refractivity contribution in [2.24, 2.45) is 0 Å². The second kappa shape index (κ2) is 7.89. The van der Waals surface area contributed by atoms with Gasteiger partial charge in [0.25, 0.3) is 5.91 Å². The highest BCUT2D eigenvalue weighted by molar-refractivity contribution is 7.80. The Morgan fingerprint density at radius 3 is 2.79 bits per heavy atom. The van der Waals surface area contributed by atoms with Gasteiger partial charge in [-0.25, -0.2) is 4.98 Å². The molecule has 0 fully saturated rings. The Morgan fingerprint density at radius 2 is 2.00 bits per heavy atom. The maximum atomic E-state index is 12.1. The quantitative estimate of drug-likeness (QED) is 0.377. The van der Waals surface area contributed by atoms with Gasteiger partial charge in [-0.15, -0.1) is 11.3 Å². The zero-order valence-corrected chi connectivity index (χ0v) is 17.2. The van der Waals surface area contributed by atoms with Gasteiger partial charge in [-0.05, 0) is 54.0 Å². The van der Waals surface area contributed by atoms with Crippen LogP contribution in [0.4, 0.5) is 5.69 Å². The summed E-state index contributed by atoms with van der Waals surface area (Å²) in [7, 11) is 0. The van der Waals surface area contributed by atoms with E-state index < -0.39 is 0 Å². The molecule has 5 nitrogen and oxygen atoms in total. The number of aromatic nitrogens is 1. The number of oxazole rings is 1. The first-order valence-corrected chi connectivity index (χ1v) is 10.1. The van der Waals surface area contributed by atoms with Crippen molar-refractivity contribution in [3.05, 3.63) is 68.8 Å². The Balaban J connectivity index is 1.54. The summed E-state index contributed by atoms with van der Waals surface area (Å²) in [6.45, 7) is 0. The van der Waals surface area contributed by atoms with E-state index in [4.69, 9.17) is 39.8 Å². The topological polar surface area (TPSA) is 67.2 Å². The molecule has 0 saturated carbocycles. The highest BCUT2D eigenvalue weighted by atomic mass is 35.5. The minimum atomic E-state index is -0.255. The average Bonchev–Trinajstić information content (AvgIpc) is 3.31. The van der Waals surface area contributed by atoms with Crippen LogP contribution in [0, 0.1) is 0 Å². The number of amides is 1. The van der Waals surface area contributed by atoms with Crippen LogP contribution < -0.4 is 10.6 Å². The molecule has 4 rings (SSSR count). The molecule has 28 heavy (non-hydrogen) atoms. The summed E-state index contributed by atoms with van der Waals surface area (Å²) in [6, 6.07) is 14.1. The van der Waals surface area contributed by atoms with Crippen LogP contribution in [0.15, 0.2) is 58.3 Å². The Labute approximate surface area is 179 Å². The number of thiophene rings is 1. The molecule has 2 aromatic carbocycles. The first-order valence-electron chi connectivity index (χ1n) is 8.01. The van der Waals surface area contributed by atoms with Crippen LogP contribution in [-0.2, 0) is 0 Å². The molecule has 0 aliphatic rings. The lowest BCUT2D eigenvalue weighted by molar-refractivity contribution is 0.0981. The fourth-order valence-electron chi connectivity index (χ4n) is 2.55. The third kappa shape index (κ3) is 4.02. The highest BCUT2D eigenvalue weighted by Gasteiger charge is 2.13. The molecule has 0 bridgehead atoms. The van der Waals surface area contributed by atoms with Crippen molar-refractivity contribution in [3.63, 3.8) is 0 Å². The summed E-state index contributed by atoms with van der Waals surface area (Å²) in [5, 5.41) is 8.54. The first kappa shape index (κ1) is 18.9. The van der Waals surface area contributed by atoms with Crippen molar-refractivity contribution in [2.75, 3.05) is 5.32 Å². The lowest BCUT2D eigenvalue weighted by atomic mass is 10.2. The van der Waals surface area contributed by atoms with Crippen LogP contribution >= 0.6 is 46.8 Å². The van der Waals surface area contributed by atoms with Crippen LogP contribution in [0.3, 0.4) is 0 Å². The molecular formula is C19H11Cl2N3O2S2. The van der Waals surface area contributed by atoms with Crippen molar-refractivity contribution >= 4 is 74.6 Å². The Kier molecular flexibility index (Phi) is 5.32. The number of carbonyl (C=O) groups is 1. The Morgan fingerprint density at radius 1 is 1.14 bits per heavy atom. The molecular weight excluding hydrogens is 437 g/mol. The van der Waals surface area contributed by atoms with Gasteiger partial charge in [-0.2, -0.15) is 0 Å². The molecule has 0 atom stereocenters. The summed E-state index contributed by atoms with van der Waals surface area (Å²) < 4.78 is 5.78. The lowest BCUT2D eigenvalue weighted by Gasteiger charge is -2.09. The van der Waals surface area contributed by atoms with Gasteiger partial charge >= 0.3 is 0 Å². The van der Waals surface area contributed by atoms with Gasteiger partial charge in [0, 0.05) is 16.3 Å². The van der Waals surface area contributed by atoms with E-state index in [2.05, 4.69) is 15.6 Å². The number of anilines is 1. The van der Waals surface area contributed by atoms with E-state index in [0.717, 1.165) is 5.56 Å². The van der Waals surface area contributed by atoms with Gasteiger partial charge < -0.3 is 9.73 Å². The van der Waals surface area contributed by atoms with E-state index in [0.29, 0.717) is 37.6 Å². The molecule has 0 spiro atoms. The molecule has 0 radical (unpaired) electrons. The molecule has 2 aromatic heterocycles. The fourth-order valence-corrected chi connectivity index (χ4v) is 3.90. The number of nitrogens with zero attached hydrogens (tertiary/aromatic N) is 1. The maximum Gasteiger partial charge on any atom is 0.267 e. The number of halogens is 2. The van der Waals surface area contributed by atoms with Crippen LogP contribution in [0.1, 0.15) is 9.67 Å². The molecule has 4 aromatic rings. The largest absolute Gasteiger partial charge is 0.435 e. The third-order valence-electron chi connectivity index (χ3n) is 3.75. The van der Waals surface area contributed by atoms with Gasteiger partial charge in [-0.3, -0.25) is 10.1 Å². The number of rotatable bonds is 3. The zero-order valence-electron chi connectivity index (χ0n) is 14.0. The smallest absolute Gasteiger partial charge is 0.267 e. The minimum absolute atomic E-state index is 0.197. The van der Waals surface area contributed by atoms with E-state index in [-0.39, 0.29) is 11.0 Å². The molecule has 0 unspecified atom stereocenters. The second-order valence-corrected chi connectivity index (χ2v) is 7.92. The van der Waals surface area contributed by atoms with Gasteiger partial charge in [0.05, 0.1) is 9.90 Å². The lowest BCUT2D eigenvalue weighted by Crippen LogP contribution is -2.33. The summed E-state index contributed by atoms with van der Waals surface area (Å²) in [5.41, 5.74) is 2.45. The summed E-state index contributed by atoms with van der Waals surface area (Å²) in [6.07, 6.45) is 0. The van der Waals surface area contributed by atoms with E-state index in [1.807, 2.05) is 29.6 Å². The predicted molar refractivity (Wildman–Crippen MR) is 117 cm³/mol. The van der Waals surface area contributed by atoms with Crippen LogP contribution in [0.5, 0.6) is 0 Å². The predicted octanol–water partition coefficient (Wildman–Crippen LogP) is 5.99. The Hall–Kier alpha value is -2.45. The maximum absolute atomic E-state index is 12.1. The number of benzene rings is 2. The van der Waals surface area contributed by atoms with Crippen LogP contribution in [-0.4, -0.2) is 16.0 Å².